The quantitative estimate of drug-likeness (QED) is 0.692. The maximum Gasteiger partial charge on any atom is 0.261 e. The number of benzene rings is 2. The molecule has 0 radical (unpaired) electrons. The molecule has 2 rings (SSSR count). The van der Waals surface area contributed by atoms with Crippen molar-refractivity contribution < 1.29 is 17.9 Å². The fraction of sp³-hybridized carbons (Fsp3) is 0.278. The zero-order chi connectivity index (χ0) is 19.2. The second-order valence-electron chi connectivity index (χ2n) is 5.66. The maximum absolute atomic E-state index is 12.6. The first kappa shape index (κ1) is 22.8. The van der Waals surface area contributed by atoms with Gasteiger partial charge in [0.05, 0.1) is 23.3 Å². The molecule has 0 aliphatic rings. The van der Waals surface area contributed by atoms with Crippen LogP contribution in [-0.2, 0) is 10.0 Å². The Labute approximate surface area is 166 Å². The van der Waals surface area contributed by atoms with E-state index < -0.39 is 10.0 Å². The Morgan fingerprint density at radius 1 is 1.11 bits per heavy atom. The number of amides is 1. The van der Waals surface area contributed by atoms with Gasteiger partial charge in [-0.2, -0.15) is 0 Å². The van der Waals surface area contributed by atoms with Crippen LogP contribution in [0.15, 0.2) is 53.4 Å². The molecule has 0 aliphatic heterocycles. The number of halogens is 1. The number of sulfonamides is 1. The number of ether oxygens (including phenoxy) is 1. The summed E-state index contributed by atoms with van der Waals surface area (Å²) in [5.41, 5.74) is 0.535. The van der Waals surface area contributed by atoms with Crippen LogP contribution in [0.2, 0.25) is 0 Å². The van der Waals surface area contributed by atoms with Gasteiger partial charge in [0.1, 0.15) is 5.75 Å². The lowest BCUT2D eigenvalue weighted by molar-refractivity contribution is 0.0798. The van der Waals surface area contributed by atoms with E-state index in [-0.39, 0.29) is 28.9 Å². The third-order valence-corrected chi connectivity index (χ3v) is 5.20. The highest BCUT2D eigenvalue weighted by Crippen LogP contribution is 2.22. The molecule has 0 unspecified atom stereocenters. The number of likely N-dealkylation sites (N-methyl/N-ethyl adjacent to an activating group) is 2. The van der Waals surface area contributed by atoms with Crippen molar-refractivity contribution in [3.8, 4) is 5.75 Å². The van der Waals surface area contributed by atoms with E-state index in [0.29, 0.717) is 24.4 Å². The number of nitrogens with zero attached hydrogens (tertiary/aromatic N) is 1. The summed E-state index contributed by atoms with van der Waals surface area (Å²) in [5, 5.41) is 2.97. The van der Waals surface area contributed by atoms with Crippen LogP contribution in [0.3, 0.4) is 0 Å². The van der Waals surface area contributed by atoms with Gasteiger partial charge < -0.3 is 15.0 Å². The van der Waals surface area contributed by atoms with Crippen LogP contribution in [0.5, 0.6) is 5.75 Å². The Morgan fingerprint density at radius 3 is 2.33 bits per heavy atom. The lowest BCUT2D eigenvalue weighted by Crippen LogP contribution is -2.33. The molecule has 9 heteroatoms. The fourth-order valence-electron chi connectivity index (χ4n) is 2.30. The van der Waals surface area contributed by atoms with Crippen molar-refractivity contribution in [1.82, 2.24) is 10.2 Å². The summed E-state index contributed by atoms with van der Waals surface area (Å²) < 4.78 is 32.8. The topological polar surface area (TPSA) is 87.7 Å². The van der Waals surface area contributed by atoms with E-state index in [1.54, 1.807) is 50.5 Å². The van der Waals surface area contributed by atoms with E-state index in [0.717, 1.165) is 0 Å². The minimum Gasteiger partial charge on any atom is -0.497 e. The van der Waals surface area contributed by atoms with Crippen molar-refractivity contribution in [3.63, 3.8) is 0 Å². The number of para-hydroxylation sites is 1. The molecule has 2 aromatic rings. The molecule has 1 amide bonds. The molecule has 0 atom stereocenters. The van der Waals surface area contributed by atoms with E-state index in [9.17, 15) is 13.2 Å². The number of methoxy groups -OCH3 is 1. The molecule has 148 valence electrons. The van der Waals surface area contributed by atoms with E-state index in [4.69, 9.17) is 4.74 Å². The Hall–Kier alpha value is -2.29. The van der Waals surface area contributed by atoms with Gasteiger partial charge in [-0.05, 0) is 43.4 Å². The predicted molar refractivity (Wildman–Crippen MR) is 108 cm³/mol. The summed E-state index contributed by atoms with van der Waals surface area (Å²) in [6.45, 7) is 1.15. The van der Waals surface area contributed by atoms with Crippen molar-refractivity contribution >= 4 is 34.0 Å². The fourth-order valence-corrected chi connectivity index (χ4v) is 3.38. The first-order chi connectivity index (χ1) is 12.4. The van der Waals surface area contributed by atoms with E-state index >= 15 is 0 Å². The minimum atomic E-state index is -3.83. The predicted octanol–water partition coefficient (Wildman–Crippen LogP) is 2.21. The van der Waals surface area contributed by atoms with E-state index in [1.165, 1.54) is 24.1 Å². The average Bonchev–Trinajstić information content (AvgIpc) is 2.65. The van der Waals surface area contributed by atoms with E-state index in [2.05, 4.69) is 10.0 Å². The highest BCUT2D eigenvalue weighted by molar-refractivity contribution is 7.92. The molecular weight excluding hydrogens is 390 g/mol. The molecule has 0 bridgehead atoms. The van der Waals surface area contributed by atoms with Gasteiger partial charge in [0.25, 0.3) is 15.9 Å². The highest BCUT2D eigenvalue weighted by atomic mass is 35.5. The monoisotopic (exact) mass is 413 g/mol. The molecule has 2 aromatic carbocycles. The Balaban J connectivity index is 0.00000364. The average molecular weight is 414 g/mol. The number of hydrogen-bond acceptors (Lipinski definition) is 5. The van der Waals surface area contributed by atoms with Crippen molar-refractivity contribution in [3.05, 3.63) is 54.1 Å². The first-order valence-electron chi connectivity index (χ1n) is 8.05. The number of hydrogen-bond donors (Lipinski definition) is 2. The van der Waals surface area contributed by atoms with Crippen LogP contribution < -0.4 is 14.8 Å². The third kappa shape index (κ3) is 5.85. The Bertz CT molecular complexity index is 857. The molecule has 0 spiro atoms. The van der Waals surface area contributed by atoms with Crippen LogP contribution in [0.25, 0.3) is 0 Å². The highest BCUT2D eigenvalue weighted by Gasteiger charge is 2.20. The molecule has 0 aliphatic carbocycles. The van der Waals surface area contributed by atoms with Gasteiger partial charge in [0.2, 0.25) is 0 Å². The van der Waals surface area contributed by atoms with Gasteiger partial charge in [0, 0.05) is 20.1 Å². The second-order valence-corrected chi connectivity index (χ2v) is 7.34. The zero-order valence-electron chi connectivity index (χ0n) is 15.4. The summed E-state index contributed by atoms with van der Waals surface area (Å²) in [6, 6.07) is 12.6. The summed E-state index contributed by atoms with van der Waals surface area (Å²) in [5.74, 6) is 0.305. The van der Waals surface area contributed by atoms with Gasteiger partial charge in [-0.3, -0.25) is 9.52 Å². The zero-order valence-corrected chi connectivity index (χ0v) is 17.1. The number of carbonyl (C=O) groups excluding carboxylic acids is 1. The normalized spacial score (nSPS) is 10.6. The Morgan fingerprint density at radius 2 is 1.74 bits per heavy atom. The van der Waals surface area contributed by atoms with Gasteiger partial charge in [-0.25, -0.2) is 8.42 Å². The molecule has 0 saturated carbocycles. The van der Waals surface area contributed by atoms with Crippen molar-refractivity contribution in [1.29, 1.82) is 0 Å². The van der Waals surface area contributed by atoms with Gasteiger partial charge in [0.15, 0.2) is 0 Å². The van der Waals surface area contributed by atoms with E-state index in [1.807, 2.05) is 0 Å². The molecule has 27 heavy (non-hydrogen) atoms. The lowest BCUT2D eigenvalue weighted by Gasteiger charge is -2.19. The molecule has 0 heterocycles. The molecule has 7 nitrogen and oxygen atoms in total. The Kier molecular flexibility index (Phi) is 8.55. The molecule has 0 fully saturated rings. The molecule has 0 aromatic heterocycles. The maximum atomic E-state index is 12.6. The number of nitrogens with one attached hydrogen (secondary N) is 2. The van der Waals surface area contributed by atoms with Crippen molar-refractivity contribution in [2.75, 3.05) is 39.0 Å². The number of anilines is 1. The van der Waals surface area contributed by atoms with Crippen LogP contribution >= 0.6 is 12.4 Å². The summed E-state index contributed by atoms with van der Waals surface area (Å²) >= 11 is 0. The van der Waals surface area contributed by atoms with Crippen molar-refractivity contribution in [2.45, 2.75) is 4.90 Å². The van der Waals surface area contributed by atoms with Crippen LogP contribution in [0, 0.1) is 0 Å². The first-order valence-corrected chi connectivity index (χ1v) is 9.53. The summed E-state index contributed by atoms with van der Waals surface area (Å²) in [6.07, 6.45) is 0. The third-order valence-electron chi connectivity index (χ3n) is 3.82. The largest absolute Gasteiger partial charge is 0.497 e. The standard InChI is InChI=1S/C18H23N3O4S.ClH/c1-19-12-13-21(2)18(22)16-6-4-5-7-17(16)20-26(23,24)15-10-8-14(25-3)9-11-15;/h4-11,19-20H,12-13H2,1-3H3;1H. The van der Waals surface area contributed by atoms with Crippen LogP contribution in [0.1, 0.15) is 10.4 Å². The number of rotatable bonds is 8. The van der Waals surface area contributed by atoms with Crippen molar-refractivity contribution in [2.24, 2.45) is 0 Å². The van der Waals surface area contributed by atoms with Gasteiger partial charge in [-0.15, -0.1) is 12.4 Å². The smallest absolute Gasteiger partial charge is 0.261 e. The summed E-state index contributed by atoms with van der Waals surface area (Å²) in [4.78, 5) is 14.2. The van der Waals surface area contributed by atoms with Crippen LogP contribution in [0.4, 0.5) is 5.69 Å². The lowest BCUT2D eigenvalue weighted by atomic mass is 10.1. The second kappa shape index (κ2) is 10.1. The van der Waals surface area contributed by atoms with Crippen LogP contribution in [-0.4, -0.2) is 53.5 Å². The van der Waals surface area contributed by atoms with Gasteiger partial charge >= 0.3 is 0 Å². The van der Waals surface area contributed by atoms with Gasteiger partial charge in [-0.1, -0.05) is 12.1 Å². The molecule has 2 N–H and O–H groups in total. The summed E-state index contributed by atoms with van der Waals surface area (Å²) in [7, 11) is 1.16. The number of carbonyl (C=O) groups is 1. The SMILES string of the molecule is CNCCN(C)C(=O)c1ccccc1NS(=O)(=O)c1ccc(OC)cc1.Cl. The minimum absolute atomic E-state index is 0. The molecule has 0 saturated heterocycles. The molecular formula is C18H24ClN3O4S.